The van der Waals surface area contributed by atoms with Crippen molar-refractivity contribution < 1.29 is 4.74 Å². The summed E-state index contributed by atoms with van der Waals surface area (Å²) in [5, 5.41) is 5.85. The molecular formula is C16H16ClN4OP. The minimum Gasteiger partial charge on any atom is -0.491 e. The predicted octanol–water partition coefficient (Wildman–Crippen LogP) is 3.80. The van der Waals surface area contributed by atoms with Gasteiger partial charge in [-0.25, -0.2) is 4.98 Å². The molecule has 0 radical (unpaired) electrons. The molecule has 1 N–H and O–H groups in total. The number of nitrogens with one attached hydrogen (secondary N) is 1. The van der Waals surface area contributed by atoms with Crippen molar-refractivity contribution in [2.75, 3.05) is 25.8 Å². The number of hydrogen-bond donors (Lipinski definition) is 1. The van der Waals surface area contributed by atoms with Gasteiger partial charge in [0.25, 0.3) is 0 Å². The topological polar surface area (TPSA) is 59.9 Å². The molecule has 0 aliphatic heterocycles. The molecule has 7 heteroatoms. The highest BCUT2D eigenvalue weighted by atomic mass is 35.5. The van der Waals surface area contributed by atoms with Gasteiger partial charge in [0.15, 0.2) is 11.6 Å². The number of pyridine rings is 1. The summed E-state index contributed by atoms with van der Waals surface area (Å²) in [6, 6.07) is 8.13. The van der Waals surface area contributed by atoms with Crippen LogP contribution in [0.3, 0.4) is 0 Å². The van der Waals surface area contributed by atoms with Crippen LogP contribution in [-0.4, -0.2) is 35.4 Å². The molecule has 0 atom stereocenters. The van der Waals surface area contributed by atoms with Crippen LogP contribution >= 0.6 is 19.5 Å². The van der Waals surface area contributed by atoms with Crippen LogP contribution in [0.5, 0.6) is 5.75 Å². The monoisotopic (exact) mass is 346 g/mol. The second kappa shape index (κ2) is 6.65. The Morgan fingerprint density at radius 3 is 2.65 bits per heavy atom. The quantitative estimate of drug-likeness (QED) is 0.575. The Balaban J connectivity index is 2.13. The number of ether oxygens (including phenoxy) is 1. The number of fused-ring (bicyclic) bond motifs is 1. The summed E-state index contributed by atoms with van der Waals surface area (Å²) in [5.74, 6) is 1.06. The van der Waals surface area contributed by atoms with Crippen molar-refractivity contribution in [3.63, 3.8) is 0 Å². The van der Waals surface area contributed by atoms with E-state index in [1.165, 1.54) is 5.30 Å². The summed E-state index contributed by atoms with van der Waals surface area (Å²) in [6.07, 6.45) is 3.38. The molecule has 23 heavy (non-hydrogen) atoms. The molecule has 0 saturated heterocycles. The molecule has 0 unspecified atom stereocenters. The lowest BCUT2D eigenvalue weighted by atomic mass is 10.2. The third-order valence-electron chi connectivity index (χ3n) is 3.39. The number of para-hydroxylation sites is 1. The number of halogens is 1. The number of anilines is 2. The van der Waals surface area contributed by atoms with Crippen LogP contribution in [0, 0.1) is 0 Å². The molecule has 0 aliphatic carbocycles. The van der Waals surface area contributed by atoms with E-state index in [2.05, 4.69) is 39.7 Å². The van der Waals surface area contributed by atoms with Gasteiger partial charge in [-0.15, -0.1) is 0 Å². The average Bonchev–Trinajstić information content (AvgIpc) is 2.54. The van der Waals surface area contributed by atoms with Crippen molar-refractivity contribution in [2.24, 2.45) is 0 Å². The highest BCUT2D eigenvalue weighted by molar-refractivity contribution is 7.65. The van der Waals surface area contributed by atoms with Crippen molar-refractivity contribution >= 4 is 47.2 Å². The molecule has 0 amide bonds. The minimum atomic E-state index is -0.354. The normalized spacial score (nSPS) is 11.0. The number of nitrogens with zero attached hydrogens (tertiary/aromatic N) is 3. The van der Waals surface area contributed by atoms with Gasteiger partial charge in [0.05, 0.1) is 30.7 Å². The Hall–Kier alpha value is -1.97. The molecule has 3 aromatic rings. The summed E-state index contributed by atoms with van der Waals surface area (Å²) in [6.45, 7) is 4.43. The van der Waals surface area contributed by atoms with E-state index in [1.54, 1.807) is 13.3 Å². The standard InChI is InChI=1S/C16H16ClN4OP/c1-22-13-9-19-16(17)21-15(13)20-12-8-18-11-7-5-4-6-10(11)14(12)23(2)3/h4-9H,1-3H3,(H,19,20,21). The van der Waals surface area contributed by atoms with E-state index >= 15 is 0 Å². The lowest BCUT2D eigenvalue weighted by molar-refractivity contribution is 0.413. The fourth-order valence-corrected chi connectivity index (χ4v) is 3.82. The number of hydrogen-bond acceptors (Lipinski definition) is 5. The lowest BCUT2D eigenvalue weighted by Gasteiger charge is -2.17. The first-order chi connectivity index (χ1) is 11.1. The number of aromatic nitrogens is 3. The van der Waals surface area contributed by atoms with E-state index in [-0.39, 0.29) is 13.2 Å². The zero-order valence-corrected chi connectivity index (χ0v) is 14.7. The first kappa shape index (κ1) is 15.9. The molecule has 2 heterocycles. The Bertz CT molecular complexity index is 857. The van der Waals surface area contributed by atoms with E-state index in [4.69, 9.17) is 16.3 Å². The van der Waals surface area contributed by atoms with Crippen molar-refractivity contribution in [1.82, 2.24) is 15.0 Å². The Labute approximate surface area is 140 Å². The van der Waals surface area contributed by atoms with E-state index in [1.807, 2.05) is 24.4 Å². The Kier molecular flexibility index (Phi) is 4.60. The number of methoxy groups -OCH3 is 1. The first-order valence-electron chi connectivity index (χ1n) is 6.98. The van der Waals surface area contributed by atoms with Gasteiger partial charge in [-0.1, -0.05) is 26.1 Å². The van der Waals surface area contributed by atoms with Gasteiger partial charge in [0.1, 0.15) is 0 Å². The molecule has 118 valence electrons. The molecule has 0 bridgehead atoms. The highest BCUT2D eigenvalue weighted by Gasteiger charge is 2.15. The van der Waals surface area contributed by atoms with Crippen molar-refractivity contribution in [1.29, 1.82) is 0 Å². The van der Waals surface area contributed by atoms with Crippen LogP contribution in [0.1, 0.15) is 0 Å². The molecular weight excluding hydrogens is 331 g/mol. The minimum absolute atomic E-state index is 0.166. The van der Waals surface area contributed by atoms with Gasteiger partial charge < -0.3 is 10.1 Å². The molecule has 1 aromatic carbocycles. The van der Waals surface area contributed by atoms with Crippen molar-refractivity contribution in [2.45, 2.75) is 0 Å². The summed E-state index contributed by atoms with van der Waals surface area (Å²) in [5.41, 5.74) is 1.89. The average molecular weight is 347 g/mol. The van der Waals surface area contributed by atoms with Crippen molar-refractivity contribution in [3.8, 4) is 5.75 Å². The summed E-state index contributed by atoms with van der Waals surface area (Å²) >= 11 is 5.91. The fraction of sp³-hybridized carbons (Fsp3) is 0.188. The smallest absolute Gasteiger partial charge is 0.224 e. The van der Waals surface area contributed by atoms with E-state index in [9.17, 15) is 0 Å². The van der Waals surface area contributed by atoms with Gasteiger partial charge in [-0.05, 0) is 31.0 Å². The molecule has 3 rings (SSSR count). The van der Waals surface area contributed by atoms with Crippen LogP contribution in [0.4, 0.5) is 11.5 Å². The van der Waals surface area contributed by atoms with Crippen LogP contribution in [0.15, 0.2) is 36.7 Å². The van der Waals surface area contributed by atoms with Gasteiger partial charge in [0, 0.05) is 10.7 Å². The molecule has 0 fully saturated rings. The van der Waals surface area contributed by atoms with Gasteiger partial charge in [-0.3, -0.25) is 4.98 Å². The largest absolute Gasteiger partial charge is 0.491 e. The van der Waals surface area contributed by atoms with Gasteiger partial charge in [0.2, 0.25) is 5.28 Å². The maximum absolute atomic E-state index is 5.91. The third kappa shape index (κ3) is 3.21. The Morgan fingerprint density at radius 2 is 1.91 bits per heavy atom. The summed E-state index contributed by atoms with van der Waals surface area (Å²) < 4.78 is 5.30. The van der Waals surface area contributed by atoms with Gasteiger partial charge in [-0.2, -0.15) is 4.98 Å². The van der Waals surface area contributed by atoms with Crippen LogP contribution in [0.25, 0.3) is 10.9 Å². The maximum Gasteiger partial charge on any atom is 0.224 e. The van der Waals surface area contributed by atoms with E-state index < -0.39 is 0 Å². The molecule has 2 aromatic heterocycles. The first-order valence-corrected chi connectivity index (χ1v) is 9.60. The van der Waals surface area contributed by atoms with Crippen LogP contribution in [0.2, 0.25) is 5.28 Å². The molecule has 5 nitrogen and oxygen atoms in total. The Morgan fingerprint density at radius 1 is 1.13 bits per heavy atom. The summed E-state index contributed by atoms with van der Waals surface area (Å²) in [4.78, 5) is 12.7. The third-order valence-corrected chi connectivity index (χ3v) is 4.95. The molecule has 0 spiro atoms. The van der Waals surface area contributed by atoms with Gasteiger partial charge >= 0.3 is 0 Å². The highest BCUT2D eigenvalue weighted by Crippen LogP contribution is 2.34. The fourth-order valence-electron chi connectivity index (χ4n) is 2.42. The zero-order chi connectivity index (χ0) is 16.4. The number of benzene rings is 1. The second-order valence-corrected chi connectivity index (χ2v) is 7.69. The van der Waals surface area contributed by atoms with Crippen LogP contribution in [-0.2, 0) is 0 Å². The zero-order valence-electron chi connectivity index (χ0n) is 13.0. The van der Waals surface area contributed by atoms with Crippen LogP contribution < -0.4 is 15.4 Å². The summed E-state index contributed by atoms with van der Waals surface area (Å²) in [7, 11) is 1.22. The lowest BCUT2D eigenvalue weighted by Crippen LogP contribution is -2.11. The molecule has 0 aliphatic rings. The second-order valence-electron chi connectivity index (χ2n) is 5.11. The van der Waals surface area contributed by atoms with E-state index in [0.29, 0.717) is 11.6 Å². The van der Waals surface area contributed by atoms with Crippen molar-refractivity contribution in [3.05, 3.63) is 41.9 Å². The number of rotatable bonds is 4. The SMILES string of the molecule is COc1cnc(Cl)nc1Nc1cnc2ccccc2c1P(C)C. The van der Waals surface area contributed by atoms with E-state index in [0.717, 1.165) is 16.6 Å². The molecule has 0 saturated carbocycles. The predicted molar refractivity (Wildman–Crippen MR) is 97.0 cm³/mol. The maximum atomic E-state index is 5.91.